The average molecular weight is 513 g/mol. The molecule has 1 aliphatic carbocycles. The zero-order valence-electron chi connectivity index (χ0n) is 22.4. The van der Waals surface area contributed by atoms with Gasteiger partial charge in [0.15, 0.2) is 5.65 Å². The Morgan fingerprint density at radius 1 is 0.947 bits per heavy atom. The summed E-state index contributed by atoms with van der Waals surface area (Å²) in [6, 6.07) is 21.0. The zero-order chi connectivity index (χ0) is 26.9. The lowest BCUT2D eigenvalue weighted by Crippen LogP contribution is -2.24. The van der Waals surface area contributed by atoms with Crippen molar-refractivity contribution in [1.29, 1.82) is 0 Å². The van der Waals surface area contributed by atoms with Gasteiger partial charge in [-0.1, -0.05) is 73.4 Å². The van der Waals surface area contributed by atoms with Crippen LogP contribution in [0, 0.1) is 6.92 Å². The van der Waals surface area contributed by atoms with Crippen molar-refractivity contribution in [3.05, 3.63) is 89.4 Å². The summed E-state index contributed by atoms with van der Waals surface area (Å²) < 4.78 is 6.09. The number of hydrogen-bond donors (Lipinski definition) is 1. The molecule has 0 bridgehead atoms. The molecule has 1 aliphatic rings. The van der Waals surface area contributed by atoms with Crippen molar-refractivity contribution in [2.45, 2.75) is 65.3 Å². The average Bonchev–Trinajstić information content (AvgIpc) is 3.37. The number of esters is 1. The molecule has 1 N–H and O–H groups in total. The molecule has 2 aromatic carbocycles. The van der Waals surface area contributed by atoms with Gasteiger partial charge in [0.1, 0.15) is 0 Å². The monoisotopic (exact) mass is 512 g/mol. The summed E-state index contributed by atoms with van der Waals surface area (Å²) in [5.74, 6) is 0.406. The highest BCUT2D eigenvalue weighted by atomic mass is 16.5. The van der Waals surface area contributed by atoms with Crippen molar-refractivity contribution in [3.63, 3.8) is 0 Å². The molecule has 5 rings (SSSR count). The van der Waals surface area contributed by atoms with Crippen LogP contribution in [-0.4, -0.2) is 33.1 Å². The van der Waals surface area contributed by atoms with Gasteiger partial charge in [-0.3, -0.25) is 9.59 Å². The van der Waals surface area contributed by atoms with E-state index in [2.05, 4.69) is 44.4 Å². The third kappa shape index (κ3) is 7.28. The number of aryl methyl sites for hydroxylation is 1. The van der Waals surface area contributed by atoms with Gasteiger partial charge in [-0.15, -0.1) is 5.10 Å². The Kier molecular flexibility index (Phi) is 9.25. The lowest BCUT2D eigenvalue weighted by molar-refractivity contribution is -0.140. The smallest absolute Gasteiger partial charge is 0.302 e. The van der Waals surface area contributed by atoms with Gasteiger partial charge in [0.25, 0.3) is 5.91 Å². The van der Waals surface area contributed by atoms with Gasteiger partial charge in [0, 0.05) is 25.2 Å². The number of aromatic nitrogens is 3. The fourth-order valence-electron chi connectivity index (χ4n) is 4.70. The summed E-state index contributed by atoms with van der Waals surface area (Å²) in [7, 11) is 0. The molecule has 0 saturated heterocycles. The van der Waals surface area contributed by atoms with Crippen molar-refractivity contribution in [2.24, 2.45) is 0 Å². The van der Waals surface area contributed by atoms with Crippen LogP contribution in [0.5, 0.6) is 0 Å². The van der Waals surface area contributed by atoms with Crippen LogP contribution < -0.4 is 5.32 Å². The number of hydrogen-bond acceptors (Lipinski definition) is 5. The van der Waals surface area contributed by atoms with E-state index in [1.165, 1.54) is 50.2 Å². The summed E-state index contributed by atoms with van der Waals surface area (Å²) >= 11 is 0. The van der Waals surface area contributed by atoms with Gasteiger partial charge < -0.3 is 10.1 Å². The maximum Gasteiger partial charge on any atom is 0.302 e. The van der Waals surface area contributed by atoms with E-state index in [0.717, 1.165) is 16.7 Å². The van der Waals surface area contributed by atoms with E-state index in [9.17, 15) is 9.59 Å². The molecule has 4 aromatic rings. The van der Waals surface area contributed by atoms with E-state index in [-0.39, 0.29) is 17.7 Å². The molecule has 1 amide bonds. The van der Waals surface area contributed by atoms with Gasteiger partial charge in [-0.05, 0) is 61.4 Å². The number of carbonyl (C=O) groups is 2. The van der Waals surface area contributed by atoms with Crippen LogP contribution >= 0.6 is 0 Å². The first-order chi connectivity index (χ1) is 18.4. The molecule has 0 aliphatic heterocycles. The van der Waals surface area contributed by atoms with E-state index >= 15 is 0 Å². The molecule has 0 spiro atoms. The van der Waals surface area contributed by atoms with Crippen LogP contribution in [0.15, 0.2) is 66.9 Å². The maximum absolute atomic E-state index is 12.5. The molecule has 7 nitrogen and oxygen atoms in total. The van der Waals surface area contributed by atoms with Crippen LogP contribution in [0.1, 0.15) is 79.2 Å². The lowest BCUT2D eigenvalue weighted by Gasteiger charge is -2.22. The summed E-state index contributed by atoms with van der Waals surface area (Å²) in [6.45, 7) is 6.15. The molecule has 38 heavy (non-hydrogen) atoms. The number of nitrogens with one attached hydrogen (secondary N) is 1. The molecule has 1 saturated carbocycles. The van der Waals surface area contributed by atoms with Gasteiger partial charge in [0.2, 0.25) is 5.82 Å². The van der Waals surface area contributed by atoms with Crippen molar-refractivity contribution in [1.82, 2.24) is 19.9 Å². The molecule has 2 aromatic heterocycles. The Labute approximate surface area is 224 Å². The van der Waals surface area contributed by atoms with E-state index in [1.807, 2.05) is 49.5 Å². The first kappa shape index (κ1) is 27.0. The van der Waals surface area contributed by atoms with E-state index in [4.69, 9.17) is 0 Å². The minimum atomic E-state index is -0.271. The van der Waals surface area contributed by atoms with Crippen LogP contribution in [0.4, 0.5) is 0 Å². The fourth-order valence-corrected chi connectivity index (χ4v) is 4.70. The number of ether oxygens (including phenoxy) is 1. The van der Waals surface area contributed by atoms with Crippen LogP contribution in [0.3, 0.4) is 0 Å². The third-order valence-corrected chi connectivity index (χ3v) is 6.78. The van der Waals surface area contributed by atoms with Gasteiger partial charge in [-0.2, -0.15) is 0 Å². The number of pyridine rings is 1. The summed E-state index contributed by atoms with van der Waals surface area (Å²) in [5.41, 5.74) is 6.56. The number of rotatable bonds is 6. The second-order valence-electron chi connectivity index (χ2n) is 9.71. The Balaban J connectivity index is 0.000000505. The first-order valence-electron chi connectivity index (χ1n) is 13.4. The Morgan fingerprint density at radius 2 is 1.63 bits per heavy atom. The van der Waals surface area contributed by atoms with Crippen molar-refractivity contribution >= 4 is 17.5 Å². The number of nitrogens with zero attached hydrogens (tertiary/aromatic N) is 3. The van der Waals surface area contributed by atoms with E-state index in [1.54, 1.807) is 11.4 Å². The standard InChI is InChI=1S/C27H28N4O.C4H8O2/c1-19-7-9-20(10-8-19)17-28-27(32)26-29-25-16-15-24(18-31(25)30-26)23-13-11-22(12-14-23)21-5-3-2-4-6-21;1-3-6-4(2)5/h7-16,18,21H,2-6,17H2,1H3,(H,28,32);3H2,1-2H3. The minimum Gasteiger partial charge on any atom is -0.466 e. The van der Waals surface area contributed by atoms with E-state index in [0.29, 0.717) is 24.7 Å². The molecule has 0 atom stereocenters. The third-order valence-electron chi connectivity index (χ3n) is 6.78. The SMILES string of the molecule is CCOC(C)=O.Cc1ccc(CNC(=O)c2nc3ccc(-c4ccc(C5CCCCC5)cc4)cn3n2)cc1. The molecule has 0 radical (unpaired) electrons. The predicted molar refractivity (Wildman–Crippen MR) is 149 cm³/mol. The topological polar surface area (TPSA) is 85.6 Å². The molecule has 0 unspecified atom stereocenters. The highest BCUT2D eigenvalue weighted by Gasteiger charge is 2.16. The summed E-state index contributed by atoms with van der Waals surface area (Å²) in [5, 5.41) is 7.31. The fraction of sp³-hybridized carbons (Fsp3) is 0.355. The number of benzene rings is 2. The summed E-state index contributed by atoms with van der Waals surface area (Å²) in [4.78, 5) is 26.8. The van der Waals surface area contributed by atoms with Crippen LogP contribution in [0.25, 0.3) is 16.8 Å². The van der Waals surface area contributed by atoms with Crippen LogP contribution in [-0.2, 0) is 16.1 Å². The highest BCUT2D eigenvalue weighted by molar-refractivity contribution is 5.90. The molecular formula is C31H36N4O3. The largest absolute Gasteiger partial charge is 0.466 e. The molecule has 7 heteroatoms. The van der Waals surface area contributed by atoms with E-state index < -0.39 is 0 Å². The second-order valence-corrected chi connectivity index (χ2v) is 9.71. The normalized spacial score (nSPS) is 13.4. The van der Waals surface area contributed by atoms with Crippen molar-refractivity contribution < 1.29 is 14.3 Å². The zero-order valence-corrected chi connectivity index (χ0v) is 22.4. The Hall–Kier alpha value is -4.00. The first-order valence-corrected chi connectivity index (χ1v) is 13.4. The van der Waals surface area contributed by atoms with Gasteiger partial charge in [0.05, 0.1) is 6.61 Å². The molecule has 2 heterocycles. The maximum atomic E-state index is 12.5. The second kappa shape index (κ2) is 13.0. The van der Waals surface area contributed by atoms with Crippen molar-refractivity contribution in [3.8, 4) is 11.1 Å². The Morgan fingerprint density at radius 3 is 2.26 bits per heavy atom. The van der Waals surface area contributed by atoms with Gasteiger partial charge >= 0.3 is 5.97 Å². The Bertz CT molecular complexity index is 1350. The number of fused-ring (bicyclic) bond motifs is 1. The number of carbonyl (C=O) groups excluding carboxylic acids is 2. The lowest BCUT2D eigenvalue weighted by atomic mass is 9.84. The van der Waals surface area contributed by atoms with Crippen LogP contribution in [0.2, 0.25) is 0 Å². The van der Waals surface area contributed by atoms with Crippen molar-refractivity contribution in [2.75, 3.05) is 6.61 Å². The quantitative estimate of drug-likeness (QED) is 0.309. The molecular weight excluding hydrogens is 476 g/mol. The van der Waals surface area contributed by atoms with Gasteiger partial charge in [-0.25, -0.2) is 9.50 Å². The minimum absolute atomic E-state index is 0.182. The highest BCUT2D eigenvalue weighted by Crippen LogP contribution is 2.33. The molecule has 198 valence electrons. The summed E-state index contributed by atoms with van der Waals surface area (Å²) in [6.07, 6.45) is 8.61. The number of amides is 1. The predicted octanol–water partition coefficient (Wildman–Crippen LogP) is 6.25. The molecule has 1 fully saturated rings.